The number of nitrogens with zero attached hydrogens (tertiary/aromatic N) is 1. The van der Waals surface area contributed by atoms with Crippen molar-refractivity contribution in [2.45, 2.75) is 25.4 Å². The summed E-state index contributed by atoms with van der Waals surface area (Å²) in [5.74, 6) is 0.0693. The van der Waals surface area contributed by atoms with Crippen molar-refractivity contribution in [3.8, 4) is 0 Å². The molecule has 20 heavy (non-hydrogen) atoms. The Labute approximate surface area is 117 Å². The van der Waals surface area contributed by atoms with E-state index in [-0.39, 0.29) is 24.0 Å². The lowest BCUT2D eigenvalue weighted by Crippen LogP contribution is -2.50. The molecule has 2 aliphatic heterocycles. The molecule has 0 aromatic heterocycles. The normalized spacial score (nSPS) is 29.8. The van der Waals surface area contributed by atoms with E-state index in [0.717, 1.165) is 19.5 Å². The molecule has 0 spiro atoms. The number of carbonyl (C=O) groups excluding carboxylic acids is 1. The predicted molar refractivity (Wildman–Crippen MR) is 72.7 cm³/mol. The van der Waals surface area contributed by atoms with Gasteiger partial charge in [-0.1, -0.05) is 18.2 Å². The lowest BCUT2D eigenvalue weighted by Gasteiger charge is -2.36. The van der Waals surface area contributed by atoms with Gasteiger partial charge >= 0.3 is 6.09 Å². The Bertz CT molecular complexity index is 516. The van der Waals surface area contributed by atoms with Gasteiger partial charge in [-0.15, -0.1) is 0 Å². The fourth-order valence-corrected chi connectivity index (χ4v) is 3.14. The number of hydrogen-bond acceptors (Lipinski definition) is 3. The lowest BCUT2D eigenvalue weighted by molar-refractivity contribution is 0.116. The Kier molecular flexibility index (Phi) is 3.38. The summed E-state index contributed by atoms with van der Waals surface area (Å²) in [5.41, 5.74) is 0.173. The maximum Gasteiger partial charge on any atom is 0.410 e. The Morgan fingerprint density at radius 2 is 2.30 bits per heavy atom. The summed E-state index contributed by atoms with van der Waals surface area (Å²) in [4.78, 5) is 13.7. The summed E-state index contributed by atoms with van der Waals surface area (Å²) < 4.78 is 19.1. The van der Waals surface area contributed by atoms with Crippen molar-refractivity contribution in [2.75, 3.05) is 19.7 Å². The average Bonchev–Trinajstić information content (AvgIpc) is 3.06. The third-order valence-electron chi connectivity index (χ3n) is 4.55. The molecule has 0 bridgehead atoms. The zero-order valence-electron chi connectivity index (χ0n) is 11.6. The van der Waals surface area contributed by atoms with Crippen LogP contribution in [0.15, 0.2) is 24.3 Å². The van der Waals surface area contributed by atoms with Gasteiger partial charge in [-0.25, -0.2) is 9.18 Å². The van der Waals surface area contributed by atoms with Crippen molar-refractivity contribution in [1.82, 2.24) is 10.2 Å². The molecule has 2 heterocycles. The summed E-state index contributed by atoms with van der Waals surface area (Å²) in [5, 5.41) is 3.32. The van der Waals surface area contributed by atoms with Crippen LogP contribution in [-0.2, 0) is 11.3 Å². The maximum atomic E-state index is 13.8. The van der Waals surface area contributed by atoms with E-state index in [1.165, 1.54) is 6.07 Å². The smallest absolute Gasteiger partial charge is 0.410 e. The second kappa shape index (κ2) is 5.05. The first-order chi connectivity index (χ1) is 9.61. The van der Waals surface area contributed by atoms with Gasteiger partial charge in [-0.2, -0.15) is 0 Å². The number of carbonyl (C=O) groups is 1. The molecule has 1 amide bonds. The van der Waals surface area contributed by atoms with Crippen LogP contribution >= 0.6 is 0 Å². The first-order valence-corrected chi connectivity index (χ1v) is 7.00. The van der Waals surface area contributed by atoms with Crippen LogP contribution in [0, 0.1) is 11.7 Å². The molecule has 2 aliphatic rings. The molecule has 2 atom stereocenters. The SMILES string of the molecule is CC1(C2CCNC2)COC(=O)N1Cc1ccccc1F. The topological polar surface area (TPSA) is 41.6 Å². The van der Waals surface area contributed by atoms with Gasteiger partial charge in [0, 0.05) is 12.1 Å². The number of ether oxygens (including phenoxy) is 1. The quantitative estimate of drug-likeness (QED) is 0.921. The van der Waals surface area contributed by atoms with Crippen LogP contribution in [0.4, 0.5) is 9.18 Å². The summed E-state index contributed by atoms with van der Waals surface area (Å²) in [7, 11) is 0. The molecule has 0 saturated carbocycles. The van der Waals surface area contributed by atoms with Gasteiger partial charge in [0.15, 0.2) is 0 Å². The molecule has 0 radical (unpaired) electrons. The highest BCUT2D eigenvalue weighted by atomic mass is 19.1. The molecule has 2 fully saturated rings. The monoisotopic (exact) mass is 278 g/mol. The number of amides is 1. The van der Waals surface area contributed by atoms with Gasteiger partial charge in [-0.05, 0) is 31.9 Å². The van der Waals surface area contributed by atoms with Crippen LogP contribution in [0.2, 0.25) is 0 Å². The van der Waals surface area contributed by atoms with Crippen LogP contribution in [0.25, 0.3) is 0 Å². The van der Waals surface area contributed by atoms with Crippen LogP contribution in [0.3, 0.4) is 0 Å². The van der Waals surface area contributed by atoms with Gasteiger partial charge < -0.3 is 10.1 Å². The molecule has 108 valence electrons. The molecular formula is C15H19FN2O2. The molecule has 2 unspecified atom stereocenters. The van der Waals surface area contributed by atoms with Crippen molar-refractivity contribution in [2.24, 2.45) is 5.92 Å². The minimum absolute atomic E-state index is 0.262. The zero-order valence-corrected chi connectivity index (χ0v) is 11.6. The van der Waals surface area contributed by atoms with Crippen LogP contribution in [0.1, 0.15) is 18.9 Å². The third-order valence-corrected chi connectivity index (χ3v) is 4.55. The van der Waals surface area contributed by atoms with E-state index < -0.39 is 0 Å². The average molecular weight is 278 g/mol. The van der Waals surface area contributed by atoms with E-state index in [9.17, 15) is 9.18 Å². The number of halogens is 1. The summed E-state index contributed by atoms with van der Waals surface area (Å²) in [6, 6.07) is 6.58. The predicted octanol–water partition coefficient (Wildman–Crippen LogP) is 2.15. The number of rotatable bonds is 3. The highest BCUT2D eigenvalue weighted by Crippen LogP contribution is 2.36. The Morgan fingerprint density at radius 3 is 3.00 bits per heavy atom. The first-order valence-electron chi connectivity index (χ1n) is 7.00. The van der Waals surface area contributed by atoms with Crippen LogP contribution in [0.5, 0.6) is 0 Å². The minimum Gasteiger partial charge on any atom is -0.447 e. The highest BCUT2D eigenvalue weighted by molar-refractivity contribution is 5.71. The Balaban J connectivity index is 1.85. The highest BCUT2D eigenvalue weighted by Gasteiger charge is 2.49. The van der Waals surface area contributed by atoms with E-state index in [1.54, 1.807) is 23.1 Å². The molecule has 0 aliphatic carbocycles. The van der Waals surface area contributed by atoms with Crippen molar-refractivity contribution in [3.63, 3.8) is 0 Å². The second-order valence-corrected chi connectivity index (χ2v) is 5.78. The fourth-order valence-electron chi connectivity index (χ4n) is 3.14. The van der Waals surface area contributed by atoms with Crippen molar-refractivity contribution in [3.05, 3.63) is 35.6 Å². The fraction of sp³-hybridized carbons (Fsp3) is 0.533. The van der Waals surface area contributed by atoms with Crippen molar-refractivity contribution >= 4 is 6.09 Å². The lowest BCUT2D eigenvalue weighted by atomic mass is 9.84. The number of benzene rings is 1. The van der Waals surface area contributed by atoms with E-state index >= 15 is 0 Å². The standard InChI is InChI=1S/C15H19FN2O2/c1-15(12-6-7-17-8-12)10-20-14(19)18(15)9-11-4-2-3-5-13(11)16/h2-5,12,17H,6-10H2,1H3. The maximum absolute atomic E-state index is 13.8. The van der Waals surface area contributed by atoms with E-state index in [4.69, 9.17) is 4.74 Å². The number of hydrogen-bond donors (Lipinski definition) is 1. The third kappa shape index (κ3) is 2.16. The van der Waals surface area contributed by atoms with Gasteiger partial charge in [0.2, 0.25) is 0 Å². The summed E-state index contributed by atoms with van der Waals surface area (Å²) in [6.07, 6.45) is 0.670. The largest absolute Gasteiger partial charge is 0.447 e. The van der Waals surface area contributed by atoms with Gasteiger partial charge in [0.25, 0.3) is 0 Å². The number of cyclic esters (lactones) is 1. The molecular weight excluding hydrogens is 259 g/mol. The molecule has 2 saturated heterocycles. The van der Waals surface area contributed by atoms with Crippen LogP contribution in [-0.4, -0.2) is 36.2 Å². The van der Waals surface area contributed by atoms with Gasteiger partial charge in [-0.3, -0.25) is 4.90 Å². The number of nitrogens with one attached hydrogen (secondary N) is 1. The minimum atomic E-state index is -0.358. The molecule has 1 aromatic rings. The Hall–Kier alpha value is -1.62. The van der Waals surface area contributed by atoms with Gasteiger partial charge in [0.05, 0.1) is 12.1 Å². The Morgan fingerprint density at radius 1 is 1.50 bits per heavy atom. The molecule has 1 N–H and O–H groups in total. The van der Waals surface area contributed by atoms with E-state index in [2.05, 4.69) is 5.32 Å². The molecule has 4 nitrogen and oxygen atoms in total. The first kappa shape index (κ1) is 13.4. The van der Waals surface area contributed by atoms with Crippen molar-refractivity contribution in [1.29, 1.82) is 0 Å². The second-order valence-electron chi connectivity index (χ2n) is 5.78. The zero-order chi connectivity index (χ0) is 14.2. The van der Waals surface area contributed by atoms with Crippen LogP contribution < -0.4 is 5.32 Å². The van der Waals surface area contributed by atoms with E-state index in [0.29, 0.717) is 18.1 Å². The van der Waals surface area contributed by atoms with Crippen molar-refractivity contribution < 1.29 is 13.9 Å². The molecule has 3 rings (SSSR count). The summed E-state index contributed by atoms with van der Waals surface area (Å²) in [6.45, 7) is 4.52. The van der Waals surface area contributed by atoms with Gasteiger partial charge in [0.1, 0.15) is 12.4 Å². The summed E-state index contributed by atoms with van der Waals surface area (Å²) >= 11 is 0. The van der Waals surface area contributed by atoms with E-state index in [1.807, 2.05) is 6.92 Å². The molecule has 1 aromatic carbocycles. The molecule has 5 heteroatoms.